The molecule has 0 spiro atoms. The highest BCUT2D eigenvalue weighted by atomic mass is 32.2. The molecule has 0 aliphatic heterocycles. The second-order valence-corrected chi connectivity index (χ2v) is 6.18. The van der Waals surface area contributed by atoms with Crippen LogP contribution in [0.25, 0.3) is 0 Å². The van der Waals surface area contributed by atoms with Gasteiger partial charge in [0, 0.05) is 23.8 Å². The van der Waals surface area contributed by atoms with Gasteiger partial charge in [0.1, 0.15) is 0 Å². The molecule has 0 aliphatic rings. The lowest BCUT2D eigenvalue weighted by molar-refractivity contribution is 0.0943. The smallest absolute Gasteiger partial charge is 0.252 e. The van der Waals surface area contributed by atoms with Crippen LogP contribution in [0.15, 0.2) is 18.2 Å². The minimum absolute atomic E-state index is 0.0334. The highest BCUT2D eigenvalue weighted by molar-refractivity contribution is 7.99. The fraction of sp³-hybridized carbons (Fsp3) is 0.471. The number of carbonyl (C=O) groups is 1. The van der Waals surface area contributed by atoms with Gasteiger partial charge in [-0.15, -0.1) is 0 Å². The molecule has 0 aliphatic carbocycles. The average Bonchev–Trinajstić information content (AvgIpc) is 2.45. The lowest BCUT2D eigenvalue weighted by Gasteiger charge is -2.14. The first-order valence-electron chi connectivity index (χ1n) is 7.17. The van der Waals surface area contributed by atoms with E-state index in [1.54, 1.807) is 11.8 Å². The van der Waals surface area contributed by atoms with Gasteiger partial charge in [-0.2, -0.15) is 11.8 Å². The number of hydrogen-bond acceptors (Lipinski definition) is 3. The molecule has 2 N–H and O–H groups in total. The van der Waals surface area contributed by atoms with Crippen molar-refractivity contribution < 1.29 is 9.90 Å². The Bertz CT molecular complexity index is 531. The van der Waals surface area contributed by atoms with Crippen LogP contribution in [-0.2, 0) is 0 Å². The van der Waals surface area contributed by atoms with E-state index in [-0.39, 0.29) is 18.6 Å². The Labute approximate surface area is 131 Å². The van der Waals surface area contributed by atoms with Crippen LogP contribution in [-0.4, -0.2) is 35.2 Å². The van der Waals surface area contributed by atoms with Crippen molar-refractivity contribution >= 4 is 17.7 Å². The topological polar surface area (TPSA) is 49.3 Å². The van der Waals surface area contributed by atoms with Crippen molar-refractivity contribution in [2.45, 2.75) is 33.2 Å². The minimum atomic E-state index is -0.0903. The molecule has 0 aromatic heterocycles. The van der Waals surface area contributed by atoms with Crippen LogP contribution in [0.4, 0.5) is 0 Å². The summed E-state index contributed by atoms with van der Waals surface area (Å²) in [4.78, 5) is 12.3. The number of aliphatic hydroxyl groups excluding tert-OH is 1. The molecule has 0 fully saturated rings. The summed E-state index contributed by atoms with van der Waals surface area (Å²) in [5.41, 5.74) is 2.38. The molecular formula is C17H23NO2S. The Balaban J connectivity index is 2.86. The van der Waals surface area contributed by atoms with E-state index in [0.29, 0.717) is 12.0 Å². The van der Waals surface area contributed by atoms with Crippen molar-refractivity contribution in [3.8, 4) is 11.8 Å². The molecule has 0 heterocycles. The summed E-state index contributed by atoms with van der Waals surface area (Å²) >= 11 is 1.81. The van der Waals surface area contributed by atoms with Crippen LogP contribution in [0, 0.1) is 18.8 Å². The number of benzene rings is 1. The molecule has 1 aromatic rings. The van der Waals surface area contributed by atoms with Gasteiger partial charge in [0.05, 0.1) is 12.2 Å². The average molecular weight is 305 g/mol. The first-order valence-corrected chi connectivity index (χ1v) is 8.33. The largest absolute Gasteiger partial charge is 0.395 e. The first kappa shape index (κ1) is 17.6. The highest BCUT2D eigenvalue weighted by Gasteiger charge is 2.13. The number of hydrogen-bond donors (Lipinski definition) is 2. The van der Waals surface area contributed by atoms with E-state index < -0.39 is 0 Å². The van der Waals surface area contributed by atoms with Crippen LogP contribution in [0.5, 0.6) is 0 Å². The van der Waals surface area contributed by atoms with Crippen molar-refractivity contribution in [3.05, 3.63) is 34.9 Å². The highest BCUT2D eigenvalue weighted by Crippen LogP contribution is 2.12. The molecule has 0 saturated carbocycles. The normalized spacial score (nSPS) is 11.4. The number of carbonyl (C=O) groups excluding carboxylic acids is 1. The van der Waals surface area contributed by atoms with Crippen molar-refractivity contribution in [2.75, 3.05) is 18.1 Å². The van der Waals surface area contributed by atoms with E-state index in [0.717, 1.165) is 22.6 Å². The lowest BCUT2D eigenvalue weighted by atomic mass is 10.0. The van der Waals surface area contributed by atoms with E-state index >= 15 is 0 Å². The van der Waals surface area contributed by atoms with Gasteiger partial charge in [-0.1, -0.05) is 24.8 Å². The number of aliphatic hydroxyl groups is 1. The molecule has 0 saturated heterocycles. The maximum absolute atomic E-state index is 12.3. The number of thioether (sulfide) groups is 1. The molecule has 1 unspecified atom stereocenters. The van der Waals surface area contributed by atoms with E-state index in [1.807, 2.05) is 32.0 Å². The molecule has 21 heavy (non-hydrogen) atoms. The van der Waals surface area contributed by atoms with Gasteiger partial charge in [0.25, 0.3) is 5.91 Å². The second kappa shape index (κ2) is 9.49. The Morgan fingerprint density at radius 2 is 2.24 bits per heavy atom. The standard InChI is InChI=1S/C17H23NO2S/c1-4-21-12-14(3)18-17(20)16-9-8-13(2)11-15(16)7-5-6-10-19/h8-9,11,14,19H,4,6,10,12H2,1-3H3,(H,18,20). The quantitative estimate of drug-likeness (QED) is 0.794. The molecule has 3 nitrogen and oxygen atoms in total. The van der Waals surface area contributed by atoms with Crippen LogP contribution in [0.1, 0.15) is 41.8 Å². The monoisotopic (exact) mass is 305 g/mol. The van der Waals surface area contributed by atoms with E-state index in [2.05, 4.69) is 24.1 Å². The zero-order valence-corrected chi connectivity index (χ0v) is 13.7. The van der Waals surface area contributed by atoms with Crippen LogP contribution in [0.2, 0.25) is 0 Å². The summed E-state index contributed by atoms with van der Waals surface area (Å²) in [7, 11) is 0. The molecule has 1 amide bonds. The van der Waals surface area contributed by atoms with Gasteiger partial charge in [0.15, 0.2) is 0 Å². The fourth-order valence-electron chi connectivity index (χ4n) is 1.81. The van der Waals surface area contributed by atoms with Crippen molar-refractivity contribution in [2.24, 2.45) is 0 Å². The van der Waals surface area contributed by atoms with E-state index in [4.69, 9.17) is 5.11 Å². The molecule has 4 heteroatoms. The lowest BCUT2D eigenvalue weighted by Crippen LogP contribution is -2.34. The van der Waals surface area contributed by atoms with Crippen LogP contribution < -0.4 is 5.32 Å². The van der Waals surface area contributed by atoms with Crippen molar-refractivity contribution in [3.63, 3.8) is 0 Å². The Hall–Kier alpha value is -1.44. The zero-order chi connectivity index (χ0) is 15.7. The predicted molar refractivity (Wildman–Crippen MR) is 89.7 cm³/mol. The number of aryl methyl sites for hydroxylation is 1. The third-order valence-electron chi connectivity index (χ3n) is 2.83. The van der Waals surface area contributed by atoms with Crippen LogP contribution >= 0.6 is 11.8 Å². The van der Waals surface area contributed by atoms with Gasteiger partial charge >= 0.3 is 0 Å². The Kier molecular flexibility index (Phi) is 7.96. The van der Waals surface area contributed by atoms with Gasteiger partial charge in [-0.05, 0) is 37.3 Å². The van der Waals surface area contributed by atoms with Crippen molar-refractivity contribution in [1.29, 1.82) is 0 Å². The Morgan fingerprint density at radius 3 is 2.90 bits per heavy atom. The summed E-state index contributed by atoms with van der Waals surface area (Å²) in [5.74, 6) is 7.71. The molecular weight excluding hydrogens is 282 g/mol. The summed E-state index contributed by atoms with van der Waals surface area (Å²) < 4.78 is 0. The Morgan fingerprint density at radius 1 is 1.48 bits per heavy atom. The first-order chi connectivity index (χ1) is 10.1. The maximum atomic E-state index is 12.3. The third kappa shape index (κ3) is 6.24. The molecule has 114 valence electrons. The molecule has 0 radical (unpaired) electrons. The van der Waals surface area contributed by atoms with Gasteiger partial charge in [0.2, 0.25) is 0 Å². The van der Waals surface area contributed by atoms with E-state index in [1.165, 1.54) is 0 Å². The number of nitrogens with one attached hydrogen (secondary N) is 1. The van der Waals surface area contributed by atoms with Crippen molar-refractivity contribution in [1.82, 2.24) is 5.32 Å². The minimum Gasteiger partial charge on any atom is -0.395 e. The third-order valence-corrected chi connectivity index (χ3v) is 3.97. The summed E-state index contributed by atoms with van der Waals surface area (Å²) in [6.45, 7) is 6.12. The SMILES string of the molecule is CCSCC(C)NC(=O)c1ccc(C)cc1C#CCCO. The van der Waals surface area contributed by atoms with Crippen LogP contribution in [0.3, 0.4) is 0 Å². The predicted octanol–water partition coefficient (Wildman–Crippen LogP) is 2.60. The van der Waals surface area contributed by atoms with Gasteiger partial charge < -0.3 is 10.4 Å². The maximum Gasteiger partial charge on any atom is 0.252 e. The van der Waals surface area contributed by atoms with Gasteiger partial charge in [-0.25, -0.2) is 0 Å². The molecule has 1 rings (SSSR count). The zero-order valence-electron chi connectivity index (χ0n) is 12.9. The molecule has 1 aromatic carbocycles. The number of rotatable bonds is 6. The second-order valence-electron chi connectivity index (χ2n) is 4.86. The summed E-state index contributed by atoms with van der Waals surface area (Å²) in [6, 6.07) is 5.76. The van der Waals surface area contributed by atoms with Gasteiger partial charge in [-0.3, -0.25) is 4.79 Å². The summed E-state index contributed by atoms with van der Waals surface area (Å²) in [5, 5.41) is 11.8. The summed E-state index contributed by atoms with van der Waals surface area (Å²) in [6.07, 6.45) is 0.415. The number of amides is 1. The van der Waals surface area contributed by atoms with E-state index in [9.17, 15) is 4.79 Å². The fourth-order valence-corrected chi connectivity index (χ4v) is 2.48. The molecule has 0 bridgehead atoms. The molecule has 1 atom stereocenters.